The lowest BCUT2D eigenvalue weighted by Gasteiger charge is -2.06. The monoisotopic (exact) mass is 250 g/mol. The Morgan fingerprint density at radius 2 is 1.95 bits per heavy atom. The maximum Gasteiger partial charge on any atom is 0.132 e. The molecule has 0 saturated carbocycles. The van der Waals surface area contributed by atoms with E-state index in [0.717, 1.165) is 11.1 Å². The molecule has 1 aromatic heterocycles. The molecular weight excluding hydrogens is 239 g/mol. The third kappa shape index (κ3) is 2.09. The summed E-state index contributed by atoms with van der Waals surface area (Å²) >= 11 is 0. The lowest BCUT2D eigenvalue weighted by atomic mass is 10.1. The van der Waals surface area contributed by atoms with Crippen molar-refractivity contribution in [2.24, 2.45) is 0 Å². The molecule has 0 amide bonds. The van der Waals surface area contributed by atoms with Gasteiger partial charge in [-0.1, -0.05) is 18.2 Å². The molecular formula is C16H11FN2. The van der Waals surface area contributed by atoms with Crippen LogP contribution in [0.4, 0.5) is 4.39 Å². The largest absolute Gasteiger partial charge is 0.343 e. The standard InChI is InChI=1S/C16H11FN2/c17-15-5-2-6-16-14(15)7-8-19(16)11-13-4-1-3-12(9-13)10-18/h1-9H,11H2. The fraction of sp³-hybridized carbons (Fsp3) is 0.0625. The summed E-state index contributed by atoms with van der Waals surface area (Å²) in [5.41, 5.74) is 2.53. The van der Waals surface area contributed by atoms with E-state index in [4.69, 9.17) is 5.26 Å². The van der Waals surface area contributed by atoms with Gasteiger partial charge in [0.2, 0.25) is 0 Å². The van der Waals surface area contributed by atoms with Gasteiger partial charge in [0, 0.05) is 18.1 Å². The van der Waals surface area contributed by atoms with E-state index >= 15 is 0 Å². The molecule has 0 bridgehead atoms. The van der Waals surface area contributed by atoms with Crippen LogP contribution < -0.4 is 0 Å². The molecule has 0 unspecified atom stereocenters. The van der Waals surface area contributed by atoms with Crippen molar-refractivity contribution in [1.29, 1.82) is 5.26 Å². The molecule has 19 heavy (non-hydrogen) atoms. The van der Waals surface area contributed by atoms with Gasteiger partial charge < -0.3 is 4.57 Å². The van der Waals surface area contributed by atoms with Crippen molar-refractivity contribution in [3.63, 3.8) is 0 Å². The fourth-order valence-electron chi connectivity index (χ4n) is 2.26. The SMILES string of the molecule is N#Cc1cccc(Cn2ccc3c(F)cccc32)c1. The highest BCUT2D eigenvalue weighted by Crippen LogP contribution is 2.20. The molecule has 3 rings (SSSR count). The van der Waals surface area contributed by atoms with Crippen LogP contribution in [0.25, 0.3) is 10.9 Å². The number of nitriles is 1. The first kappa shape index (κ1) is 11.5. The van der Waals surface area contributed by atoms with Crippen molar-refractivity contribution in [2.75, 3.05) is 0 Å². The third-order valence-corrected chi connectivity index (χ3v) is 3.17. The van der Waals surface area contributed by atoms with E-state index < -0.39 is 0 Å². The number of benzene rings is 2. The summed E-state index contributed by atoms with van der Waals surface area (Å²) in [6.07, 6.45) is 1.87. The predicted molar refractivity (Wildman–Crippen MR) is 72.2 cm³/mol. The van der Waals surface area contributed by atoms with E-state index in [9.17, 15) is 4.39 Å². The Balaban J connectivity index is 2.02. The molecule has 92 valence electrons. The van der Waals surface area contributed by atoms with Crippen LogP contribution in [0.3, 0.4) is 0 Å². The number of halogens is 1. The summed E-state index contributed by atoms with van der Waals surface area (Å²) in [5, 5.41) is 9.51. The van der Waals surface area contributed by atoms with Crippen LogP contribution in [-0.4, -0.2) is 4.57 Å². The number of hydrogen-bond acceptors (Lipinski definition) is 1. The Morgan fingerprint density at radius 3 is 2.79 bits per heavy atom. The lowest BCUT2D eigenvalue weighted by molar-refractivity contribution is 0.639. The van der Waals surface area contributed by atoms with Crippen LogP contribution in [0, 0.1) is 17.1 Å². The first-order valence-electron chi connectivity index (χ1n) is 6.00. The molecule has 0 N–H and O–H groups in total. The molecule has 0 atom stereocenters. The molecule has 0 spiro atoms. The van der Waals surface area contributed by atoms with Crippen molar-refractivity contribution in [3.8, 4) is 6.07 Å². The second kappa shape index (κ2) is 4.58. The van der Waals surface area contributed by atoms with E-state index in [0.29, 0.717) is 17.5 Å². The summed E-state index contributed by atoms with van der Waals surface area (Å²) in [6.45, 7) is 0.627. The maximum absolute atomic E-state index is 13.6. The first-order chi connectivity index (χ1) is 9.28. The molecule has 3 aromatic rings. The second-order valence-electron chi connectivity index (χ2n) is 4.43. The van der Waals surface area contributed by atoms with E-state index in [1.807, 2.05) is 35.0 Å². The van der Waals surface area contributed by atoms with E-state index in [2.05, 4.69) is 6.07 Å². The predicted octanol–water partition coefficient (Wildman–Crippen LogP) is 3.70. The van der Waals surface area contributed by atoms with Crippen LogP contribution in [0.1, 0.15) is 11.1 Å². The number of nitrogens with zero attached hydrogens (tertiary/aromatic N) is 2. The zero-order valence-electron chi connectivity index (χ0n) is 10.2. The van der Waals surface area contributed by atoms with Crippen molar-refractivity contribution in [3.05, 3.63) is 71.7 Å². The van der Waals surface area contributed by atoms with Crippen molar-refractivity contribution in [1.82, 2.24) is 4.57 Å². The number of aromatic nitrogens is 1. The van der Waals surface area contributed by atoms with E-state index in [1.165, 1.54) is 6.07 Å². The summed E-state index contributed by atoms with van der Waals surface area (Å²) in [4.78, 5) is 0. The topological polar surface area (TPSA) is 28.7 Å². The van der Waals surface area contributed by atoms with Gasteiger partial charge in [-0.2, -0.15) is 5.26 Å². The number of fused-ring (bicyclic) bond motifs is 1. The Labute approximate surface area is 110 Å². The molecule has 3 heteroatoms. The van der Waals surface area contributed by atoms with Crippen LogP contribution in [0.15, 0.2) is 54.7 Å². The van der Waals surface area contributed by atoms with Gasteiger partial charge in [-0.05, 0) is 35.9 Å². The zero-order chi connectivity index (χ0) is 13.2. The molecule has 2 aromatic carbocycles. The van der Waals surface area contributed by atoms with E-state index in [-0.39, 0.29) is 5.82 Å². The Hall–Kier alpha value is -2.60. The minimum atomic E-state index is -0.206. The van der Waals surface area contributed by atoms with Crippen LogP contribution in [0.5, 0.6) is 0 Å². The summed E-state index contributed by atoms with van der Waals surface area (Å²) in [6, 6.07) is 16.4. The highest BCUT2D eigenvalue weighted by molar-refractivity contribution is 5.80. The molecule has 0 fully saturated rings. The summed E-state index contributed by atoms with van der Waals surface area (Å²) in [7, 11) is 0. The summed E-state index contributed by atoms with van der Waals surface area (Å²) < 4.78 is 15.6. The average Bonchev–Trinajstić information content (AvgIpc) is 2.84. The van der Waals surface area contributed by atoms with Crippen molar-refractivity contribution < 1.29 is 4.39 Å². The molecule has 0 aliphatic carbocycles. The van der Waals surface area contributed by atoms with Crippen LogP contribution >= 0.6 is 0 Å². The van der Waals surface area contributed by atoms with Gasteiger partial charge in [0.1, 0.15) is 5.82 Å². The van der Waals surface area contributed by atoms with Crippen molar-refractivity contribution in [2.45, 2.75) is 6.54 Å². The smallest absolute Gasteiger partial charge is 0.132 e. The van der Waals surface area contributed by atoms with Gasteiger partial charge in [-0.3, -0.25) is 0 Å². The first-order valence-corrected chi connectivity index (χ1v) is 6.00. The van der Waals surface area contributed by atoms with Gasteiger partial charge in [0.05, 0.1) is 17.1 Å². The fourth-order valence-corrected chi connectivity index (χ4v) is 2.26. The molecule has 1 heterocycles. The van der Waals surface area contributed by atoms with Crippen LogP contribution in [-0.2, 0) is 6.54 Å². The van der Waals surface area contributed by atoms with Crippen LogP contribution in [0.2, 0.25) is 0 Å². The Kier molecular flexibility index (Phi) is 2.77. The molecule has 0 aliphatic rings. The van der Waals surface area contributed by atoms with Crippen molar-refractivity contribution >= 4 is 10.9 Å². The maximum atomic E-state index is 13.6. The highest BCUT2D eigenvalue weighted by Gasteiger charge is 2.05. The minimum absolute atomic E-state index is 0.206. The average molecular weight is 250 g/mol. The van der Waals surface area contributed by atoms with Gasteiger partial charge in [0.15, 0.2) is 0 Å². The van der Waals surface area contributed by atoms with Gasteiger partial charge in [-0.25, -0.2) is 4.39 Å². The quantitative estimate of drug-likeness (QED) is 0.681. The highest BCUT2D eigenvalue weighted by atomic mass is 19.1. The Bertz CT molecular complexity index is 781. The Morgan fingerprint density at radius 1 is 1.11 bits per heavy atom. The summed E-state index contributed by atoms with van der Waals surface area (Å²) in [5.74, 6) is -0.206. The second-order valence-corrected chi connectivity index (χ2v) is 4.43. The minimum Gasteiger partial charge on any atom is -0.343 e. The third-order valence-electron chi connectivity index (χ3n) is 3.17. The lowest BCUT2D eigenvalue weighted by Crippen LogP contribution is -1.98. The normalized spacial score (nSPS) is 10.5. The van der Waals surface area contributed by atoms with Gasteiger partial charge in [-0.15, -0.1) is 0 Å². The van der Waals surface area contributed by atoms with Gasteiger partial charge in [0.25, 0.3) is 0 Å². The zero-order valence-corrected chi connectivity index (χ0v) is 10.2. The molecule has 2 nitrogen and oxygen atoms in total. The number of hydrogen-bond donors (Lipinski definition) is 0. The van der Waals surface area contributed by atoms with Gasteiger partial charge >= 0.3 is 0 Å². The number of rotatable bonds is 2. The molecule has 0 radical (unpaired) electrons. The molecule has 0 aliphatic heterocycles. The molecule has 0 saturated heterocycles. The van der Waals surface area contributed by atoms with E-state index in [1.54, 1.807) is 18.2 Å².